The molecule has 0 saturated carbocycles. The van der Waals surface area contributed by atoms with E-state index in [0.717, 1.165) is 32.9 Å². The van der Waals surface area contributed by atoms with Crippen molar-refractivity contribution in [2.75, 3.05) is 13.1 Å². The lowest BCUT2D eigenvalue weighted by molar-refractivity contribution is -0.130. The summed E-state index contributed by atoms with van der Waals surface area (Å²) in [5.74, 6) is -0.0348. The number of epoxide rings is 1. The molecule has 2 unspecified atom stereocenters. The lowest BCUT2D eigenvalue weighted by Crippen LogP contribution is -2.41. The van der Waals surface area contributed by atoms with Crippen molar-refractivity contribution in [3.05, 3.63) is 39.6 Å². The summed E-state index contributed by atoms with van der Waals surface area (Å²) in [4.78, 5) is 18.4. The first-order chi connectivity index (χ1) is 12.2. The number of ether oxygens (including phenoxy) is 1. The average molecular weight is 448 g/mol. The van der Waals surface area contributed by atoms with Gasteiger partial charge < -0.3 is 9.64 Å². The van der Waals surface area contributed by atoms with E-state index in [1.807, 2.05) is 12.1 Å². The van der Waals surface area contributed by atoms with Crippen LogP contribution in [-0.4, -0.2) is 41.2 Å². The summed E-state index contributed by atoms with van der Waals surface area (Å²) in [6.07, 6.45) is 3.22. The zero-order valence-electron chi connectivity index (χ0n) is 13.5. The second-order valence-corrected chi connectivity index (χ2v) is 7.54. The number of benzene rings is 1. The van der Waals surface area contributed by atoms with Crippen LogP contribution < -0.4 is 5.32 Å². The number of aromatic nitrogens is 1. The van der Waals surface area contributed by atoms with Crippen molar-refractivity contribution in [3.8, 4) is 6.07 Å². The monoisotopic (exact) mass is 448 g/mol. The van der Waals surface area contributed by atoms with Crippen molar-refractivity contribution >= 4 is 39.4 Å². The summed E-state index contributed by atoms with van der Waals surface area (Å²) in [5.41, 5.74) is 2.03. The molecule has 0 spiro atoms. The Hall–Kier alpha value is -1.76. The number of likely N-dealkylation sites (tertiary alicyclic amines) is 1. The number of hydrogen-bond acceptors (Lipinski definition) is 5. The molecule has 7 heteroatoms. The van der Waals surface area contributed by atoms with Crippen LogP contribution in [0.15, 0.2) is 30.5 Å². The zero-order valence-corrected chi connectivity index (χ0v) is 15.6. The lowest BCUT2D eigenvalue weighted by Gasteiger charge is -2.19. The number of nitrogens with zero attached hydrogens (tertiary/aromatic N) is 3. The molecular formula is C18H17IN4O2. The van der Waals surface area contributed by atoms with Crippen LogP contribution in [0, 0.1) is 14.9 Å². The van der Waals surface area contributed by atoms with Gasteiger partial charge >= 0.3 is 0 Å². The highest BCUT2D eigenvalue weighted by Gasteiger charge is 2.41. The van der Waals surface area contributed by atoms with Gasteiger partial charge in [0.05, 0.1) is 18.1 Å². The predicted octanol–water partition coefficient (Wildman–Crippen LogP) is 2.34. The van der Waals surface area contributed by atoms with Gasteiger partial charge in [-0.15, -0.1) is 0 Å². The average Bonchev–Trinajstić information content (AvgIpc) is 3.23. The molecule has 128 valence electrons. The number of fused-ring (bicyclic) bond motifs is 1. The predicted molar refractivity (Wildman–Crippen MR) is 100 cm³/mol. The number of nitrogens with one attached hydrogen (secondary N) is 1. The van der Waals surface area contributed by atoms with E-state index in [1.54, 1.807) is 11.1 Å². The molecule has 4 rings (SSSR count). The Bertz CT molecular complexity index is 866. The summed E-state index contributed by atoms with van der Waals surface area (Å²) < 4.78 is 6.87. The van der Waals surface area contributed by atoms with Gasteiger partial charge in [-0.1, -0.05) is 6.07 Å². The quantitative estimate of drug-likeness (QED) is 0.574. The van der Waals surface area contributed by atoms with E-state index in [2.05, 4.69) is 51.1 Å². The minimum atomic E-state index is -0.281. The number of nitriles is 1. The van der Waals surface area contributed by atoms with E-state index in [0.29, 0.717) is 6.54 Å². The van der Waals surface area contributed by atoms with Crippen LogP contribution in [0.1, 0.15) is 24.5 Å². The van der Waals surface area contributed by atoms with Gasteiger partial charge in [0, 0.05) is 21.7 Å². The van der Waals surface area contributed by atoms with Gasteiger partial charge in [0.2, 0.25) is 5.91 Å². The third-order valence-electron chi connectivity index (χ3n) is 4.71. The third kappa shape index (κ3) is 3.34. The van der Waals surface area contributed by atoms with Crippen molar-refractivity contribution in [1.29, 1.82) is 5.26 Å². The van der Waals surface area contributed by atoms with Crippen LogP contribution in [-0.2, 0) is 9.53 Å². The van der Waals surface area contributed by atoms with Crippen LogP contribution in [0.2, 0.25) is 0 Å². The summed E-state index contributed by atoms with van der Waals surface area (Å²) in [5, 5.41) is 13.3. The Kier molecular flexibility index (Phi) is 4.58. The van der Waals surface area contributed by atoms with Crippen molar-refractivity contribution in [2.24, 2.45) is 0 Å². The summed E-state index contributed by atoms with van der Waals surface area (Å²) in [6, 6.07) is 10.0. The van der Waals surface area contributed by atoms with Crippen molar-refractivity contribution in [1.82, 2.24) is 15.2 Å². The SMILES string of the molecule is N#C[C@@H]1CCCN1C(=O)CNC1OC1c1ccnc2cc(I)ccc12. The summed E-state index contributed by atoms with van der Waals surface area (Å²) in [7, 11) is 0. The molecule has 3 heterocycles. The van der Waals surface area contributed by atoms with E-state index in [1.165, 1.54) is 0 Å². The summed E-state index contributed by atoms with van der Waals surface area (Å²) in [6.45, 7) is 0.863. The molecule has 6 nitrogen and oxygen atoms in total. The number of pyridine rings is 1. The fourth-order valence-electron chi connectivity index (χ4n) is 3.38. The Labute approximate surface area is 159 Å². The molecule has 2 aliphatic heterocycles. The first kappa shape index (κ1) is 16.7. The topological polar surface area (TPSA) is 81.5 Å². The number of hydrogen-bond donors (Lipinski definition) is 1. The Balaban J connectivity index is 1.40. The highest BCUT2D eigenvalue weighted by atomic mass is 127. The van der Waals surface area contributed by atoms with Crippen LogP contribution in [0.25, 0.3) is 10.9 Å². The summed E-state index contributed by atoms with van der Waals surface area (Å²) >= 11 is 2.27. The van der Waals surface area contributed by atoms with Gasteiger partial charge in [0.25, 0.3) is 0 Å². The van der Waals surface area contributed by atoms with Gasteiger partial charge in [0.1, 0.15) is 18.4 Å². The minimum absolute atomic E-state index is 0.0348. The van der Waals surface area contributed by atoms with E-state index >= 15 is 0 Å². The second-order valence-electron chi connectivity index (χ2n) is 6.29. The maximum absolute atomic E-state index is 12.3. The molecule has 1 N–H and O–H groups in total. The lowest BCUT2D eigenvalue weighted by atomic mass is 10.1. The van der Waals surface area contributed by atoms with E-state index in [9.17, 15) is 4.79 Å². The smallest absolute Gasteiger partial charge is 0.237 e. The molecule has 0 bridgehead atoms. The number of carbonyl (C=O) groups excluding carboxylic acids is 1. The fraction of sp³-hybridized carbons (Fsp3) is 0.389. The van der Waals surface area contributed by atoms with Gasteiger partial charge in [-0.2, -0.15) is 5.26 Å². The standard InChI is InChI=1S/C18H17IN4O2/c19-11-3-4-13-14(5-6-21-15(13)8-11)17-18(25-17)22-10-16(24)23-7-1-2-12(23)9-20/h3-6,8,12,17-18,22H,1-2,7,10H2/t12-,17?,18?/m0/s1. The minimum Gasteiger partial charge on any atom is -0.348 e. The molecule has 2 fully saturated rings. The van der Waals surface area contributed by atoms with Gasteiger partial charge in [-0.05, 0) is 59.2 Å². The van der Waals surface area contributed by atoms with Crippen LogP contribution >= 0.6 is 22.6 Å². The van der Waals surface area contributed by atoms with E-state index < -0.39 is 0 Å². The highest BCUT2D eigenvalue weighted by molar-refractivity contribution is 14.1. The molecule has 1 aromatic heterocycles. The molecule has 0 aliphatic carbocycles. The van der Waals surface area contributed by atoms with E-state index in [-0.39, 0.29) is 30.8 Å². The first-order valence-corrected chi connectivity index (χ1v) is 9.37. The van der Waals surface area contributed by atoms with Crippen LogP contribution in [0.4, 0.5) is 0 Å². The fourth-order valence-corrected chi connectivity index (χ4v) is 3.86. The first-order valence-electron chi connectivity index (χ1n) is 8.29. The van der Waals surface area contributed by atoms with Crippen LogP contribution in [0.3, 0.4) is 0 Å². The molecule has 1 aromatic carbocycles. The number of halogens is 1. The number of amides is 1. The Morgan fingerprint density at radius 3 is 3.20 bits per heavy atom. The van der Waals surface area contributed by atoms with Crippen molar-refractivity contribution < 1.29 is 9.53 Å². The van der Waals surface area contributed by atoms with Gasteiger partial charge in [0.15, 0.2) is 0 Å². The Morgan fingerprint density at radius 1 is 1.48 bits per heavy atom. The van der Waals surface area contributed by atoms with Crippen molar-refractivity contribution in [2.45, 2.75) is 31.2 Å². The largest absolute Gasteiger partial charge is 0.348 e. The molecule has 2 saturated heterocycles. The molecule has 25 heavy (non-hydrogen) atoms. The molecular weight excluding hydrogens is 431 g/mol. The molecule has 0 radical (unpaired) electrons. The number of carbonyl (C=O) groups is 1. The normalized spacial score (nSPS) is 25.1. The zero-order chi connectivity index (χ0) is 17.4. The van der Waals surface area contributed by atoms with Crippen LogP contribution in [0.5, 0.6) is 0 Å². The highest BCUT2D eigenvalue weighted by Crippen LogP contribution is 2.40. The maximum atomic E-state index is 12.3. The van der Waals surface area contributed by atoms with E-state index in [4.69, 9.17) is 10.00 Å². The maximum Gasteiger partial charge on any atom is 0.237 e. The van der Waals surface area contributed by atoms with Gasteiger partial charge in [-0.25, -0.2) is 0 Å². The molecule has 2 aliphatic rings. The molecule has 2 aromatic rings. The van der Waals surface area contributed by atoms with Gasteiger partial charge in [-0.3, -0.25) is 15.1 Å². The Morgan fingerprint density at radius 2 is 2.36 bits per heavy atom. The molecule has 1 amide bonds. The third-order valence-corrected chi connectivity index (χ3v) is 5.38. The number of rotatable bonds is 4. The molecule has 3 atom stereocenters. The second kappa shape index (κ2) is 6.86. The van der Waals surface area contributed by atoms with Crippen molar-refractivity contribution in [3.63, 3.8) is 0 Å².